The van der Waals surface area contributed by atoms with Crippen LogP contribution < -0.4 is 5.73 Å². The third-order valence-electron chi connectivity index (χ3n) is 3.90. The van der Waals surface area contributed by atoms with E-state index >= 15 is 0 Å². The topological polar surface area (TPSA) is 63.3 Å². The number of hydrogen-bond acceptors (Lipinski definition) is 2. The summed E-state index contributed by atoms with van der Waals surface area (Å²) in [7, 11) is 0. The maximum absolute atomic E-state index is 10.3. The van der Waals surface area contributed by atoms with E-state index in [4.69, 9.17) is 10.8 Å². The zero-order chi connectivity index (χ0) is 17.3. The zero-order valence-corrected chi connectivity index (χ0v) is 15.0. The van der Waals surface area contributed by atoms with E-state index in [1.165, 1.54) is 76.7 Å². The fourth-order valence-corrected chi connectivity index (χ4v) is 2.43. The van der Waals surface area contributed by atoms with Gasteiger partial charge in [0, 0.05) is 5.69 Å². The number of benzene rings is 1. The molecule has 0 bridgehead atoms. The molecule has 0 atom stereocenters. The van der Waals surface area contributed by atoms with E-state index in [-0.39, 0.29) is 5.56 Å². The molecule has 0 heterocycles. The van der Waals surface area contributed by atoms with Crippen molar-refractivity contribution in [2.45, 2.75) is 84.5 Å². The van der Waals surface area contributed by atoms with Crippen molar-refractivity contribution in [2.24, 2.45) is 0 Å². The van der Waals surface area contributed by atoms with Crippen molar-refractivity contribution in [3.8, 4) is 0 Å². The second-order valence-electron chi connectivity index (χ2n) is 6.07. The molecule has 0 fully saturated rings. The first kappa shape index (κ1) is 21.5. The number of rotatable bonds is 11. The van der Waals surface area contributed by atoms with Gasteiger partial charge in [-0.3, -0.25) is 0 Å². The Hall–Kier alpha value is -1.51. The SMILES string of the molecule is CCCCCCCCCCCCC.Nc1ccccc1C(=O)O. The number of carboxylic acid groups (broad SMARTS) is 1. The highest BCUT2D eigenvalue weighted by Gasteiger charge is 2.03. The van der Waals surface area contributed by atoms with Gasteiger partial charge in [0.1, 0.15) is 0 Å². The van der Waals surface area contributed by atoms with Crippen molar-refractivity contribution in [3.05, 3.63) is 29.8 Å². The van der Waals surface area contributed by atoms with Crippen molar-refractivity contribution in [3.63, 3.8) is 0 Å². The molecule has 0 spiro atoms. The molecule has 1 aromatic carbocycles. The van der Waals surface area contributed by atoms with Gasteiger partial charge in [-0.15, -0.1) is 0 Å². The molecule has 0 saturated carbocycles. The molecule has 3 heteroatoms. The fourth-order valence-electron chi connectivity index (χ4n) is 2.43. The van der Waals surface area contributed by atoms with Gasteiger partial charge < -0.3 is 10.8 Å². The van der Waals surface area contributed by atoms with E-state index in [0.29, 0.717) is 5.69 Å². The lowest BCUT2D eigenvalue weighted by atomic mass is 10.1. The van der Waals surface area contributed by atoms with Crippen LogP contribution in [0.5, 0.6) is 0 Å². The van der Waals surface area contributed by atoms with Crippen LogP contribution >= 0.6 is 0 Å². The van der Waals surface area contributed by atoms with Crippen LogP contribution in [0.4, 0.5) is 5.69 Å². The molecule has 0 saturated heterocycles. The highest BCUT2D eigenvalue weighted by atomic mass is 16.4. The lowest BCUT2D eigenvalue weighted by molar-refractivity contribution is 0.0698. The predicted octanol–water partition coefficient (Wildman–Crippen LogP) is 6.28. The average molecular weight is 322 g/mol. The molecule has 0 aromatic heterocycles. The molecule has 0 unspecified atom stereocenters. The Morgan fingerprint density at radius 2 is 1.22 bits per heavy atom. The largest absolute Gasteiger partial charge is 0.478 e. The first-order valence-corrected chi connectivity index (χ1v) is 9.21. The third-order valence-corrected chi connectivity index (χ3v) is 3.90. The van der Waals surface area contributed by atoms with Crippen LogP contribution in [-0.2, 0) is 0 Å². The molecule has 0 radical (unpaired) electrons. The molecule has 3 N–H and O–H groups in total. The first-order valence-electron chi connectivity index (χ1n) is 9.21. The fraction of sp³-hybridized carbons (Fsp3) is 0.650. The van der Waals surface area contributed by atoms with Crippen molar-refractivity contribution >= 4 is 11.7 Å². The van der Waals surface area contributed by atoms with Crippen LogP contribution in [-0.4, -0.2) is 11.1 Å². The van der Waals surface area contributed by atoms with Gasteiger partial charge in [0.25, 0.3) is 0 Å². The lowest BCUT2D eigenvalue weighted by Crippen LogP contribution is -2.00. The zero-order valence-electron chi connectivity index (χ0n) is 15.0. The Morgan fingerprint density at radius 3 is 1.52 bits per heavy atom. The van der Waals surface area contributed by atoms with E-state index in [0.717, 1.165) is 0 Å². The smallest absolute Gasteiger partial charge is 0.337 e. The van der Waals surface area contributed by atoms with Gasteiger partial charge in [0.15, 0.2) is 0 Å². The molecule has 1 aromatic rings. The summed E-state index contributed by atoms with van der Waals surface area (Å²) >= 11 is 0. The Morgan fingerprint density at radius 1 is 0.826 bits per heavy atom. The third kappa shape index (κ3) is 12.7. The molecule has 132 valence electrons. The molecule has 23 heavy (non-hydrogen) atoms. The number of carboxylic acids is 1. The van der Waals surface area contributed by atoms with Gasteiger partial charge in [-0.1, -0.05) is 96.6 Å². The number of aromatic carboxylic acids is 1. The van der Waals surface area contributed by atoms with Gasteiger partial charge in [-0.05, 0) is 12.1 Å². The summed E-state index contributed by atoms with van der Waals surface area (Å²) in [6, 6.07) is 6.36. The summed E-state index contributed by atoms with van der Waals surface area (Å²) in [4.78, 5) is 10.3. The van der Waals surface area contributed by atoms with Crippen LogP contribution in [0, 0.1) is 0 Å². The predicted molar refractivity (Wildman–Crippen MR) is 99.9 cm³/mol. The van der Waals surface area contributed by atoms with Crippen molar-refractivity contribution in [1.29, 1.82) is 0 Å². The number of para-hydroxylation sites is 1. The number of unbranched alkanes of at least 4 members (excludes halogenated alkanes) is 10. The average Bonchev–Trinajstić information content (AvgIpc) is 2.54. The summed E-state index contributed by atoms with van der Waals surface area (Å²) in [6.45, 7) is 4.56. The van der Waals surface area contributed by atoms with E-state index in [2.05, 4.69) is 13.8 Å². The van der Waals surface area contributed by atoms with E-state index < -0.39 is 5.97 Å². The van der Waals surface area contributed by atoms with Crippen LogP contribution in [0.1, 0.15) is 94.8 Å². The van der Waals surface area contributed by atoms with E-state index in [1.807, 2.05) is 0 Å². The standard InChI is InChI=1S/C13H28.C7H7NO2/c1-3-5-7-9-11-13-12-10-8-6-4-2;8-6-4-2-1-3-5(6)7(9)10/h3-13H2,1-2H3;1-4H,8H2,(H,9,10). The molecular formula is C20H35NO2. The van der Waals surface area contributed by atoms with E-state index in [1.54, 1.807) is 18.2 Å². The van der Waals surface area contributed by atoms with Crippen LogP contribution in [0.15, 0.2) is 24.3 Å². The minimum Gasteiger partial charge on any atom is -0.478 e. The number of hydrogen-bond donors (Lipinski definition) is 2. The molecule has 0 aliphatic carbocycles. The number of nitrogen functional groups attached to an aromatic ring is 1. The minimum atomic E-state index is -0.988. The quantitative estimate of drug-likeness (QED) is 0.372. The number of anilines is 1. The molecule has 0 aliphatic heterocycles. The Labute approximate surface area is 142 Å². The molecule has 1 rings (SSSR count). The molecule has 0 aliphatic rings. The van der Waals surface area contributed by atoms with Crippen molar-refractivity contribution < 1.29 is 9.90 Å². The first-order chi connectivity index (χ1) is 11.1. The molecular weight excluding hydrogens is 286 g/mol. The van der Waals surface area contributed by atoms with Crippen LogP contribution in [0.3, 0.4) is 0 Å². The van der Waals surface area contributed by atoms with Crippen molar-refractivity contribution in [2.75, 3.05) is 5.73 Å². The lowest BCUT2D eigenvalue weighted by Gasteiger charge is -2.00. The monoisotopic (exact) mass is 321 g/mol. The van der Waals surface area contributed by atoms with Gasteiger partial charge >= 0.3 is 5.97 Å². The summed E-state index contributed by atoms with van der Waals surface area (Å²) in [5.41, 5.74) is 5.80. The van der Waals surface area contributed by atoms with Gasteiger partial charge in [0.2, 0.25) is 0 Å². The van der Waals surface area contributed by atoms with Crippen LogP contribution in [0.2, 0.25) is 0 Å². The van der Waals surface area contributed by atoms with E-state index in [9.17, 15) is 4.79 Å². The van der Waals surface area contributed by atoms with Gasteiger partial charge in [0.05, 0.1) is 5.56 Å². The maximum atomic E-state index is 10.3. The minimum absolute atomic E-state index is 0.155. The summed E-state index contributed by atoms with van der Waals surface area (Å²) in [5.74, 6) is -0.988. The Kier molecular flexibility index (Phi) is 14.4. The summed E-state index contributed by atoms with van der Waals surface area (Å²) < 4.78 is 0. The van der Waals surface area contributed by atoms with Crippen molar-refractivity contribution in [1.82, 2.24) is 0 Å². The molecule has 3 nitrogen and oxygen atoms in total. The Balaban J connectivity index is 0.000000433. The van der Waals surface area contributed by atoms with Gasteiger partial charge in [-0.2, -0.15) is 0 Å². The molecule has 0 amide bonds. The highest BCUT2D eigenvalue weighted by Crippen LogP contribution is 2.11. The number of carbonyl (C=O) groups is 1. The van der Waals surface area contributed by atoms with Gasteiger partial charge in [-0.25, -0.2) is 4.79 Å². The van der Waals surface area contributed by atoms with Crippen LogP contribution in [0.25, 0.3) is 0 Å². The second kappa shape index (κ2) is 15.4. The maximum Gasteiger partial charge on any atom is 0.337 e. The second-order valence-corrected chi connectivity index (χ2v) is 6.07. The summed E-state index contributed by atoms with van der Waals surface area (Å²) in [6.07, 6.45) is 15.9. The number of nitrogens with two attached hydrogens (primary N) is 1. The normalized spacial score (nSPS) is 10.0. The Bertz CT molecular complexity index is 394. The summed E-state index contributed by atoms with van der Waals surface area (Å²) in [5, 5.41) is 8.49. The highest BCUT2D eigenvalue weighted by molar-refractivity contribution is 5.93.